The Hall–Kier alpha value is -5.52. The summed E-state index contributed by atoms with van der Waals surface area (Å²) in [6.45, 7) is 4.69. The van der Waals surface area contributed by atoms with Gasteiger partial charge in [0, 0.05) is 31.7 Å². The second kappa shape index (κ2) is 9.30. The normalized spacial score (nSPS) is 15.3. The summed E-state index contributed by atoms with van der Waals surface area (Å²) in [7, 11) is 0. The van der Waals surface area contributed by atoms with Gasteiger partial charge in [-0.25, -0.2) is 9.97 Å². The molecule has 9 aromatic rings. The van der Waals surface area contributed by atoms with Crippen molar-refractivity contribution in [2.45, 2.75) is 32.1 Å². The molecular formula is C43H29N3OS. The van der Waals surface area contributed by atoms with Gasteiger partial charge in [0.15, 0.2) is 0 Å². The summed E-state index contributed by atoms with van der Waals surface area (Å²) in [5.74, 6) is 0.687. The fourth-order valence-electron chi connectivity index (χ4n) is 8.38. The van der Waals surface area contributed by atoms with Gasteiger partial charge in [0.2, 0.25) is 5.95 Å². The molecule has 48 heavy (non-hydrogen) atoms. The van der Waals surface area contributed by atoms with E-state index < -0.39 is 0 Å². The maximum Gasteiger partial charge on any atom is 0.235 e. The van der Waals surface area contributed by atoms with Gasteiger partial charge < -0.3 is 4.42 Å². The maximum atomic E-state index is 6.47. The van der Waals surface area contributed by atoms with E-state index in [-0.39, 0.29) is 5.41 Å². The standard InChI is InChI=1S/C43H29N3OS/c1-43(2)31-17-9-6-14-25(31)29-22-30-26-20-21-35-37(27-15-7-10-18-34(27)47-35)40(26)46(33(30)23-32(29)43)42-44-38(24-12-4-3-5-13-24)41-39(45-42)28-16-8-11-19-36(28)48-41/h4,6-23H,3,5H2,1-2H3. The Morgan fingerprint density at radius 2 is 1.56 bits per heavy atom. The van der Waals surface area contributed by atoms with E-state index in [1.54, 1.807) is 11.3 Å². The molecule has 4 aromatic heterocycles. The van der Waals surface area contributed by atoms with Crippen LogP contribution in [0.25, 0.3) is 86.7 Å². The number of aromatic nitrogens is 3. The van der Waals surface area contributed by atoms with Gasteiger partial charge in [0.25, 0.3) is 0 Å². The minimum absolute atomic E-state index is 0.143. The molecule has 0 aliphatic heterocycles. The van der Waals surface area contributed by atoms with Crippen molar-refractivity contribution in [2.24, 2.45) is 0 Å². The molecule has 0 saturated carbocycles. The molecule has 0 fully saturated rings. The van der Waals surface area contributed by atoms with Crippen LogP contribution in [0.2, 0.25) is 0 Å². The van der Waals surface area contributed by atoms with E-state index in [4.69, 9.17) is 14.4 Å². The molecule has 0 radical (unpaired) electrons. The van der Waals surface area contributed by atoms with Gasteiger partial charge in [-0.3, -0.25) is 4.57 Å². The van der Waals surface area contributed by atoms with Crippen molar-refractivity contribution < 1.29 is 4.42 Å². The number of allylic oxidation sites excluding steroid dienone is 4. The molecule has 2 aliphatic rings. The van der Waals surface area contributed by atoms with Gasteiger partial charge in [-0.2, -0.15) is 0 Å². The molecule has 0 saturated heterocycles. The van der Waals surface area contributed by atoms with E-state index in [2.05, 4.69) is 128 Å². The molecule has 4 nitrogen and oxygen atoms in total. The Labute approximate surface area is 280 Å². The summed E-state index contributed by atoms with van der Waals surface area (Å²) in [5, 5.41) is 5.73. The Morgan fingerprint density at radius 1 is 0.729 bits per heavy atom. The molecule has 0 N–H and O–H groups in total. The first-order valence-electron chi connectivity index (χ1n) is 16.7. The lowest BCUT2D eigenvalue weighted by atomic mass is 9.82. The monoisotopic (exact) mass is 635 g/mol. The van der Waals surface area contributed by atoms with Crippen LogP contribution in [0.15, 0.2) is 120 Å². The number of hydrogen-bond acceptors (Lipinski definition) is 4. The van der Waals surface area contributed by atoms with Crippen molar-refractivity contribution in [1.29, 1.82) is 0 Å². The predicted molar refractivity (Wildman–Crippen MR) is 200 cm³/mol. The Balaban J connectivity index is 1.35. The first-order valence-corrected chi connectivity index (χ1v) is 17.5. The molecule has 0 bridgehead atoms. The lowest BCUT2D eigenvalue weighted by molar-refractivity contribution is 0.661. The zero-order valence-corrected chi connectivity index (χ0v) is 27.4. The van der Waals surface area contributed by atoms with Gasteiger partial charge in [-0.15, -0.1) is 11.3 Å². The average molecular weight is 636 g/mol. The highest BCUT2D eigenvalue weighted by molar-refractivity contribution is 7.26. The predicted octanol–water partition coefficient (Wildman–Crippen LogP) is 11.9. The maximum absolute atomic E-state index is 6.47. The number of rotatable bonds is 2. The van der Waals surface area contributed by atoms with Crippen LogP contribution in [-0.2, 0) is 5.41 Å². The van der Waals surface area contributed by atoms with Gasteiger partial charge in [-0.05, 0) is 77.1 Å². The number of hydrogen-bond donors (Lipinski definition) is 0. The third-order valence-corrected chi connectivity index (χ3v) is 11.8. The summed E-state index contributed by atoms with van der Waals surface area (Å²) in [6.07, 6.45) is 8.89. The number of benzene rings is 5. The molecule has 5 aromatic carbocycles. The average Bonchev–Trinajstić information content (AvgIpc) is 3.84. The number of para-hydroxylation sites is 1. The van der Waals surface area contributed by atoms with E-state index in [1.807, 2.05) is 6.07 Å². The third kappa shape index (κ3) is 3.39. The lowest BCUT2D eigenvalue weighted by Crippen LogP contribution is -2.15. The summed E-state index contributed by atoms with van der Waals surface area (Å²) in [4.78, 5) is 11.0. The Bertz CT molecular complexity index is 2930. The summed E-state index contributed by atoms with van der Waals surface area (Å²) in [5.41, 5.74) is 12.3. The van der Waals surface area contributed by atoms with Crippen LogP contribution in [0.3, 0.4) is 0 Å². The van der Waals surface area contributed by atoms with Crippen LogP contribution >= 0.6 is 11.3 Å². The summed E-state index contributed by atoms with van der Waals surface area (Å²) >= 11 is 1.79. The highest BCUT2D eigenvalue weighted by Gasteiger charge is 2.36. The molecule has 2 aliphatic carbocycles. The topological polar surface area (TPSA) is 43.9 Å². The zero-order chi connectivity index (χ0) is 31.7. The van der Waals surface area contributed by atoms with Crippen molar-refractivity contribution in [3.8, 4) is 17.1 Å². The van der Waals surface area contributed by atoms with Crippen LogP contribution in [0.4, 0.5) is 0 Å². The molecule has 11 rings (SSSR count). The second-order valence-electron chi connectivity index (χ2n) is 13.6. The van der Waals surface area contributed by atoms with Crippen molar-refractivity contribution >= 4 is 81.0 Å². The minimum atomic E-state index is -0.143. The van der Waals surface area contributed by atoms with Crippen LogP contribution in [0, 0.1) is 0 Å². The molecule has 228 valence electrons. The Morgan fingerprint density at radius 3 is 2.46 bits per heavy atom. The zero-order valence-electron chi connectivity index (χ0n) is 26.5. The fraction of sp³-hybridized carbons (Fsp3) is 0.116. The van der Waals surface area contributed by atoms with Crippen molar-refractivity contribution in [3.63, 3.8) is 0 Å². The highest BCUT2D eigenvalue weighted by Crippen LogP contribution is 2.52. The van der Waals surface area contributed by atoms with Crippen molar-refractivity contribution in [2.75, 3.05) is 0 Å². The van der Waals surface area contributed by atoms with Gasteiger partial charge in [-0.1, -0.05) is 92.7 Å². The molecule has 4 heterocycles. The van der Waals surface area contributed by atoms with E-state index in [9.17, 15) is 0 Å². The van der Waals surface area contributed by atoms with E-state index in [0.717, 1.165) is 61.7 Å². The molecule has 0 spiro atoms. The first-order chi connectivity index (χ1) is 23.6. The number of fused-ring (bicyclic) bond motifs is 13. The molecule has 5 heteroatoms. The quantitative estimate of drug-likeness (QED) is 0.190. The minimum Gasteiger partial charge on any atom is -0.456 e. The van der Waals surface area contributed by atoms with Crippen molar-refractivity contribution in [1.82, 2.24) is 14.5 Å². The van der Waals surface area contributed by atoms with E-state index in [0.29, 0.717) is 5.95 Å². The van der Waals surface area contributed by atoms with Gasteiger partial charge in [0.05, 0.1) is 32.3 Å². The number of thiophene rings is 1. The fourth-order valence-corrected chi connectivity index (χ4v) is 9.53. The molecule has 0 unspecified atom stereocenters. The molecule has 0 atom stereocenters. The number of furan rings is 1. The smallest absolute Gasteiger partial charge is 0.235 e. The van der Waals surface area contributed by atoms with Crippen LogP contribution in [-0.4, -0.2) is 14.5 Å². The SMILES string of the molecule is CC1(C)c2ccccc2-c2cc3c4ccc5oc6ccccc6c5c4n(-c4nc(C5=CCCC=C5)c5sc6ccccc6c5n4)c3cc21. The first kappa shape index (κ1) is 26.5. The Kier molecular flexibility index (Phi) is 5.14. The largest absolute Gasteiger partial charge is 0.456 e. The summed E-state index contributed by atoms with van der Waals surface area (Å²) < 4.78 is 11.2. The molecule has 0 amide bonds. The number of nitrogens with zero attached hydrogens (tertiary/aromatic N) is 3. The van der Waals surface area contributed by atoms with Crippen LogP contribution in [0.1, 0.15) is 43.5 Å². The third-order valence-electron chi connectivity index (χ3n) is 10.6. The van der Waals surface area contributed by atoms with Crippen molar-refractivity contribution in [3.05, 3.63) is 132 Å². The summed E-state index contributed by atoms with van der Waals surface area (Å²) in [6, 6.07) is 35.0. The second-order valence-corrected chi connectivity index (χ2v) is 14.7. The molecular weight excluding hydrogens is 607 g/mol. The van der Waals surface area contributed by atoms with Gasteiger partial charge in [0.1, 0.15) is 11.2 Å². The van der Waals surface area contributed by atoms with Crippen LogP contribution < -0.4 is 0 Å². The lowest BCUT2D eigenvalue weighted by Gasteiger charge is -2.21. The van der Waals surface area contributed by atoms with Gasteiger partial charge >= 0.3 is 0 Å². The highest BCUT2D eigenvalue weighted by atomic mass is 32.1. The van der Waals surface area contributed by atoms with E-state index >= 15 is 0 Å². The van der Waals surface area contributed by atoms with E-state index in [1.165, 1.54) is 48.7 Å². The van der Waals surface area contributed by atoms with Crippen LogP contribution in [0.5, 0.6) is 0 Å².